The molecule has 14 heterocycles. The third-order valence-corrected chi connectivity index (χ3v) is 19.8. The number of amidine groups is 5. The van der Waals surface area contributed by atoms with E-state index in [1.54, 1.807) is 80.8 Å². The van der Waals surface area contributed by atoms with Gasteiger partial charge in [-0.05, 0) is 129 Å². The van der Waals surface area contributed by atoms with Gasteiger partial charge in [0.25, 0.3) is 0 Å². The van der Waals surface area contributed by atoms with Gasteiger partial charge in [-0.25, -0.2) is 9.97 Å². The average Bonchev–Trinajstić information content (AvgIpc) is 1.65. The summed E-state index contributed by atoms with van der Waals surface area (Å²) in [6, 6.07) is 59.3. The van der Waals surface area contributed by atoms with Crippen LogP contribution in [0.5, 0.6) is 5.75 Å². The number of imidazole rings is 2. The van der Waals surface area contributed by atoms with E-state index in [1.165, 1.54) is 0 Å². The summed E-state index contributed by atoms with van der Waals surface area (Å²) in [4.78, 5) is 37.8. The van der Waals surface area contributed by atoms with Crippen LogP contribution >= 0.6 is 0 Å². The Balaban J connectivity index is 0.000000105. The molecule has 14 aromatic rings. The van der Waals surface area contributed by atoms with E-state index in [1.807, 2.05) is 163 Å². The lowest BCUT2D eigenvalue weighted by Gasteiger charge is -2.33. The molecule has 0 aliphatic carbocycles. The fraction of sp³-hybridized carbons (Fsp3) is 0.134. The molecular weight excluding hydrogens is 1400 g/mol. The molecule has 1 atom stereocenters. The van der Waals surface area contributed by atoms with Crippen molar-refractivity contribution in [3.05, 3.63) is 276 Å². The number of hydrogen-bond acceptors (Lipinski definition) is 18. The number of nitrogens with zero attached hydrogens (tertiary/aromatic N) is 11. The number of aromatic hydroxyl groups is 1. The van der Waals surface area contributed by atoms with Crippen LogP contribution in [0.1, 0.15) is 47.1 Å². The van der Waals surface area contributed by atoms with Gasteiger partial charge in [0, 0.05) is 75.5 Å². The Hall–Kier alpha value is -14.9. The molecule has 554 valence electrons. The molecule has 1 unspecified atom stereocenters. The predicted octanol–water partition coefficient (Wildman–Crippen LogP) is 13.9. The minimum atomic E-state index is 0.119. The molecule has 18 N–H and O–H groups in total. The second-order valence-corrected chi connectivity index (χ2v) is 27.1. The molecule has 111 heavy (non-hydrogen) atoms. The average molecular weight is 1480 g/mol. The number of piperidine rings is 1. The Labute approximate surface area is 632 Å². The second-order valence-electron chi connectivity index (χ2n) is 27.1. The number of phenolic OH excluding ortho intramolecular Hbond substituents is 1. The van der Waals surface area contributed by atoms with E-state index in [4.69, 9.17) is 27.0 Å². The summed E-state index contributed by atoms with van der Waals surface area (Å²) in [5.74, 6) is 4.47. The number of aliphatic hydroxyl groups excluding tert-OH is 5. The summed E-state index contributed by atoms with van der Waals surface area (Å²) in [6.07, 6.45) is 8.73. The molecule has 29 heteroatoms. The lowest BCUT2D eigenvalue weighted by molar-refractivity contribution is 0.252. The minimum Gasteiger partial charge on any atom is -0.510 e. The second kappa shape index (κ2) is 29.8. The van der Waals surface area contributed by atoms with Gasteiger partial charge in [-0.1, -0.05) is 78.9 Å². The van der Waals surface area contributed by atoms with Crippen molar-refractivity contribution in [1.82, 2.24) is 70.5 Å². The van der Waals surface area contributed by atoms with Crippen LogP contribution in [0.4, 0.5) is 23.0 Å². The first-order valence-electron chi connectivity index (χ1n) is 35.7. The summed E-state index contributed by atoms with van der Waals surface area (Å²) >= 11 is 0. The van der Waals surface area contributed by atoms with Crippen molar-refractivity contribution >= 4 is 135 Å². The molecular formula is C82H75N23O6. The number of H-pyrrole nitrogens is 6. The fourth-order valence-corrected chi connectivity index (χ4v) is 14.5. The minimum absolute atomic E-state index is 0.119. The molecule has 6 aromatic carbocycles. The molecule has 6 aliphatic heterocycles. The van der Waals surface area contributed by atoms with Crippen LogP contribution in [-0.4, -0.2) is 177 Å². The number of phenols is 1. The first kappa shape index (κ1) is 70.4. The van der Waals surface area contributed by atoms with E-state index in [-0.39, 0.29) is 78.3 Å². The molecule has 6 aliphatic rings. The lowest BCUT2D eigenvalue weighted by Crippen LogP contribution is -2.47. The molecule has 0 saturated carbocycles. The third-order valence-electron chi connectivity index (χ3n) is 19.8. The maximum absolute atomic E-state index is 10.4. The Morgan fingerprint density at radius 2 is 0.901 bits per heavy atom. The number of aromatic nitrogens is 12. The van der Waals surface area contributed by atoms with Crippen LogP contribution in [0.3, 0.4) is 0 Å². The number of aryl methyl sites for hydroxylation is 1. The molecule has 8 aromatic heterocycles. The number of nitrogens with one attached hydrogen (secondary N) is 12. The number of rotatable bonds is 10. The number of aromatic amines is 6. The van der Waals surface area contributed by atoms with Crippen molar-refractivity contribution in [2.75, 3.05) is 65.4 Å². The number of pyridine rings is 1. The van der Waals surface area contributed by atoms with E-state index in [2.05, 4.69) is 65.6 Å². The topological polar surface area (TPSA) is 441 Å². The van der Waals surface area contributed by atoms with Crippen LogP contribution in [0.15, 0.2) is 242 Å². The summed E-state index contributed by atoms with van der Waals surface area (Å²) in [6.45, 7) is 5.17. The molecule has 20 rings (SSSR count). The Morgan fingerprint density at radius 1 is 0.423 bits per heavy atom. The highest BCUT2D eigenvalue weighted by Crippen LogP contribution is 2.38. The zero-order chi connectivity index (χ0) is 76.6. The van der Waals surface area contributed by atoms with Crippen molar-refractivity contribution in [3.63, 3.8) is 0 Å². The number of aliphatic hydroxyl groups is 5. The molecule has 0 spiro atoms. The van der Waals surface area contributed by atoms with Crippen molar-refractivity contribution < 1.29 is 30.6 Å². The number of benzene rings is 6. The molecule has 0 radical (unpaired) electrons. The van der Waals surface area contributed by atoms with Gasteiger partial charge < -0.3 is 85.4 Å². The highest BCUT2D eigenvalue weighted by Gasteiger charge is 2.37. The van der Waals surface area contributed by atoms with E-state index < -0.39 is 0 Å². The zero-order valence-electron chi connectivity index (χ0n) is 59.8. The van der Waals surface area contributed by atoms with Gasteiger partial charge >= 0.3 is 0 Å². The number of fused-ring (bicyclic) bond motifs is 5. The van der Waals surface area contributed by atoms with Crippen molar-refractivity contribution in [2.24, 2.45) is 0 Å². The number of para-hydroxylation sites is 7. The number of hydrogen-bond donors (Lipinski definition) is 18. The SMILES string of the molecule is Cc1cc(O)cc(N2CC(O)=C(c3cc4ccccc4[nH]3)C2=N)c1.N=C1C(c2cc3ccccc3[nH]2)=C(O)CN1C1CCCNC1.N=C1C(c2cc3ccccc3[nH]2)=C(O)CN1c1cccnn1.N=C1C(c2nc3ccccc3[nH]2)=C(O)CN1c1cccnc1.N=C1C(c2nc3ccccc3[nH]2)=C(O)CN1c1ccn[nH]1. The smallest absolute Gasteiger partial charge is 0.157 e. The molecule has 0 bridgehead atoms. The van der Waals surface area contributed by atoms with Gasteiger partial charge in [0.2, 0.25) is 0 Å². The van der Waals surface area contributed by atoms with Gasteiger partial charge in [0.05, 0.1) is 118 Å². The van der Waals surface area contributed by atoms with Gasteiger partial charge in [0.1, 0.15) is 81.2 Å². The van der Waals surface area contributed by atoms with Crippen molar-refractivity contribution in [2.45, 2.75) is 25.8 Å². The maximum atomic E-state index is 10.4. The van der Waals surface area contributed by atoms with Gasteiger partial charge in [-0.15, -0.1) is 5.10 Å². The third kappa shape index (κ3) is 14.0. The molecule has 0 amide bonds. The molecule has 1 saturated heterocycles. The number of anilines is 4. The summed E-state index contributed by atoms with van der Waals surface area (Å²) < 4.78 is 0. The lowest BCUT2D eigenvalue weighted by atomic mass is 10.1. The van der Waals surface area contributed by atoms with Crippen molar-refractivity contribution in [1.29, 1.82) is 27.0 Å². The maximum Gasteiger partial charge on any atom is 0.157 e. The largest absolute Gasteiger partial charge is 0.510 e. The van der Waals surface area contributed by atoms with Crippen LogP contribution in [0.2, 0.25) is 0 Å². The highest BCUT2D eigenvalue weighted by atomic mass is 16.3. The van der Waals surface area contributed by atoms with Gasteiger partial charge in [0.15, 0.2) is 5.82 Å². The Kier molecular flexibility index (Phi) is 18.9. The van der Waals surface area contributed by atoms with E-state index in [0.29, 0.717) is 81.0 Å². The van der Waals surface area contributed by atoms with Gasteiger partial charge in [-0.2, -0.15) is 10.2 Å². The standard InChI is InChI=1S/C19H17N3O2.C17H20N4O.2C16H13N5O.C14H12N6O/c1-11-6-13(9-14(23)7-11)22-10-17(24)18(19(22)20)16-8-12-4-2-3-5-15(12)21-16;18-17-16(14-8-11-4-1-2-6-13(11)20-14)15(22)10-21(17)12-5-3-7-19-9-12;17-15-14(16-19-11-5-1-2-6-12(11)20-16)13(22)9-21(15)10-4-3-7-18-8-10;17-16-15(12-8-10-4-1-2-5-11(10)19-12)13(22)9-21(16)14-6-3-7-18-20-14;15-13-12(10(21)7-20(13)11-5-6-16-19-11)14-17-8-3-1-2-4-9(8)18-14/h2-9,20-21,23-24H,10H2,1H3;1-2,4,6,8,12,18-20,22H,3,5,7,9-10H2;1-8,17,22H,9H2,(H,19,20);1-8,17,19,22H,9H2;1-6,15,21H,7H2,(H,16,19)(H,17,18). The van der Waals surface area contributed by atoms with Crippen LogP contribution in [0, 0.1) is 34.0 Å². The summed E-state index contributed by atoms with van der Waals surface area (Å²) in [5.41, 5.74) is 13.5. The van der Waals surface area contributed by atoms with Crippen LogP contribution < -0.4 is 24.9 Å². The van der Waals surface area contributed by atoms with E-state index in [0.717, 1.165) is 109 Å². The summed E-state index contributed by atoms with van der Waals surface area (Å²) in [7, 11) is 0. The fourth-order valence-electron chi connectivity index (χ4n) is 14.5. The van der Waals surface area contributed by atoms with Crippen LogP contribution in [0.25, 0.3) is 82.6 Å². The van der Waals surface area contributed by atoms with E-state index >= 15 is 0 Å². The first-order valence-corrected chi connectivity index (χ1v) is 35.7. The van der Waals surface area contributed by atoms with Crippen molar-refractivity contribution in [3.8, 4) is 5.75 Å². The monoisotopic (exact) mass is 1480 g/mol. The Morgan fingerprint density at radius 3 is 1.40 bits per heavy atom. The van der Waals surface area contributed by atoms with E-state index in [9.17, 15) is 30.6 Å². The molecule has 29 nitrogen and oxygen atoms in total. The highest BCUT2D eigenvalue weighted by molar-refractivity contribution is 6.33. The van der Waals surface area contributed by atoms with Gasteiger partial charge in [-0.3, -0.25) is 37.1 Å². The normalized spacial score (nSPS) is 16.6. The summed E-state index contributed by atoms with van der Waals surface area (Å²) in [5, 5.41) is 124. The quantitative estimate of drug-likeness (QED) is 0.0605. The molecule has 1 fully saturated rings. The zero-order valence-corrected chi connectivity index (χ0v) is 59.8. The van der Waals surface area contributed by atoms with Crippen LogP contribution in [-0.2, 0) is 0 Å². The Bertz CT molecular complexity index is 5800. The first-order chi connectivity index (χ1) is 54.0. The predicted molar refractivity (Wildman–Crippen MR) is 433 cm³/mol.